The lowest BCUT2D eigenvalue weighted by Gasteiger charge is -2.08. The molecule has 3 aromatic carbocycles. The van der Waals surface area contributed by atoms with Gasteiger partial charge in [-0.05, 0) is 59.7 Å². The second kappa shape index (κ2) is 7.48. The van der Waals surface area contributed by atoms with Gasteiger partial charge in [-0.2, -0.15) is 0 Å². The van der Waals surface area contributed by atoms with E-state index in [-0.39, 0.29) is 0 Å². The number of hydrogen-bond acceptors (Lipinski definition) is 5. The van der Waals surface area contributed by atoms with Crippen LogP contribution in [0.2, 0.25) is 0 Å². The van der Waals surface area contributed by atoms with E-state index in [1.54, 1.807) is 20.3 Å². The summed E-state index contributed by atoms with van der Waals surface area (Å²) >= 11 is 0. The number of fused-ring (bicyclic) bond motifs is 1. The zero-order chi connectivity index (χ0) is 19.5. The molecule has 0 bridgehead atoms. The summed E-state index contributed by atoms with van der Waals surface area (Å²) in [7, 11) is 3.25. The maximum absolute atomic E-state index is 12.4. The van der Waals surface area contributed by atoms with Crippen LogP contribution in [0.3, 0.4) is 0 Å². The minimum Gasteiger partial charge on any atom is -0.497 e. The molecule has 0 aliphatic heterocycles. The van der Waals surface area contributed by atoms with Gasteiger partial charge >= 0.3 is 5.63 Å². The quantitative estimate of drug-likeness (QED) is 0.486. The van der Waals surface area contributed by atoms with Crippen molar-refractivity contribution in [3.8, 4) is 22.6 Å². The first-order valence-corrected chi connectivity index (χ1v) is 8.80. The summed E-state index contributed by atoms with van der Waals surface area (Å²) in [4.78, 5) is 12.4. The van der Waals surface area contributed by atoms with Crippen LogP contribution in [0.1, 0.15) is 0 Å². The zero-order valence-electron chi connectivity index (χ0n) is 15.6. The molecule has 0 radical (unpaired) electrons. The molecule has 1 aromatic heterocycles. The zero-order valence-corrected chi connectivity index (χ0v) is 15.6. The Kier molecular flexibility index (Phi) is 4.72. The Labute approximate surface area is 162 Å². The van der Waals surface area contributed by atoms with Crippen LogP contribution in [-0.4, -0.2) is 14.2 Å². The third-order valence-corrected chi connectivity index (χ3v) is 4.53. The summed E-state index contributed by atoms with van der Waals surface area (Å²) in [6.45, 7) is 0. The molecule has 4 rings (SSSR count). The smallest absolute Gasteiger partial charge is 0.360 e. The molecule has 0 aliphatic rings. The van der Waals surface area contributed by atoms with Gasteiger partial charge in [-0.3, -0.25) is 0 Å². The summed E-state index contributed by atoms with van der Waals surface area (Å²) < 4.78 is 15.9. The number of hydrogen-bond donors (Lipinski definition) is 1. The highest BCUT2D eigenvalue weighted by atomic mass is 16.5. The van der Waals surface area contributed by atoms with E-state index in [9.17, 15) is 4.79 Å². The van der Waals surface area contributed by atoms with Gasteiger partial charge in [0.2, 0.25) is 0 Å². The van der Waals surface area contributed by atoms with Crippen molar-refractivity contribution in [3.63, 3.8) is 0 Å². The molecule has 0 saturated heterocycles. The Balaban J connectivity index is 1.65. The third-order valence-electron chi connectivity index (χ3n) is 4.53. The van der Waals surface area contributed by atoms with E-state index in [2.05, 4.69) is 5.32 Å². The number of benzene rings is 3. The Hall–Kier alpha value is -3.73. The molecule has 4 aromatic rings. The Bertz CT molecular complexity index is 1160. The van der Waals surface area contributed by atoms with E-state index in [0.717, 1.165) is 33.7 Å². The maximum Gasteiger partial charge on any atom is 0.360 e. The highest BCUT2D eigenvalue weighted by Crippen LogP contribution is 2.27. The van der Waals surface area contributed by atoms with Gasteiger partial charge in [-0.25, -0.2) is 4.79 Å². The topological polar surface area (TPSA) is 60.7 Å². The van der Waals surface area contributed by atoms with Crippen molar-refractivity contribution in [1.29, 1.82) is 0 Å². The van der Waals surface area contributed by atoms with E-state index in [1.165, 1.54) is 0 Å². The van der Waals surface area contributed by atoms with Crippen molar-refractivity contribution in [2.24, 2.45) is 0 Å². The highest BCUT2D eigenvalue weighted by molar-refractivity contribution is 5.85. The van der Waals surface area contributed by atoms with Crippen LogP contribution in [0.5, 0.6) is 11.5 Å². The predicted octanol–water partition coefficient (Wildman–Crippen LogP) is 5.22. The molecule has 1 N–H and O–H groups in total. The van der Waals surface area contributed by atoms with Gasteiger partial charge in [0.1, 0.15) is 22.8 Å². The first-order chi connectivity index (χ1) is 13.7. The minimum absolute atomic E-state index is 0.384. The molecule has 5 nitrogen and oxygen atoms in total. The lowest BCUT2D eigenvalue weighted by Crippen LogP contribution is -2.06. The molecule has 0 unspecified atom stereocenters. The SMILES string of the molecule is COc1ccc(Nc2cc3ccc(-c4ccc(OC)cc4)cc3oc2=O)cc1. The summed E-state index contributed by atoms with van der Waals surface area (Å²) in [5.74, 6) is 1.55. The van der Waals surface area contributed by atoms with Crippen LogP contribution in [0.25, 0.3) is 22.1 Å². The summed E-state index contributed by atoms with van der Waals surface area (Å²) in [6.07, 6.45) is 0. The lowest BCUT2D eigenvalue weighted by molar-refractivity contribution is 0.415. The van der Waals surface area contributed by atoms with Crippen LogP contribution in [-0.2, 0) is 0 Å². The molecule has 0 saturated carbocycles. The minimum atomic E-state index is -0.421. The van der Waals surface area contributed by atoms with Crippen molar-refractivity contribution in [2.75, 3.05) is 19.5 Å². The van der Waals surface area contributed by atoms with Gasteiger partial charge in [0.15, 0.2) is 0 Å². The summed E-state index contributed by atoms with van der Waals surface area (Å²) in [5, 5.41) is 3.94. The van der Waals surface area contributed by atoms with E-state index in [4.69, 9.17) is 13.9 Å². The van der Waals surface area contributed by atoms with E-state index >= 15 is 0 Å². The molecule has 28 heavy (non-hydrogen) atoms. The molecule has 0 aliphatic carbocycles. The van der Waals surface area contributed by atoms with Gasteiger partial charge in [0, 0.05) is 11.1 Å². The molecule has 1 heterocycles. The van der Waals surface area contributed by atoms with Crippen LogP contribution >= 0.6 is 0 Å². The fourth-order valence-corrected chi connectivity index (χ4v) is 2.99. The summed E-state index contributed by atoms with van der Waals surface area (Å²) in [6, 6.07) is 22.7. The maximum atomic E-state index is 12.4. The average Bonchev–Trinajstić information content (AvgIpc) is 2.74. The molecule has 140 valence electrons. The Morgan fingerprint density at radius 1 is 0.750 bits per heavy atom. The van der Waals surface area contributed by atoms with Crippen molar-refractivity contribution >= 4 is 22.3 Å². The van der Waals surface area contributed by atoms with Crippen LogP contribution in [0, 0.1) is 0 Å². The average molecular weight is 373 g/mol. The third kappa shape index (κ3) is 3.55. The van der Waals surface area contributed by atoms with Gasteiger partial charge in [0.25, 0.3) is 0 Å². The molecule has 0 spiro atoms. The fraction of sp³-hybridized carbons (Fsp3) is 0.0870. The van der Waals surface area contributed by atoms with Crippen molar-refractivity contribution in [3.05, 3.63) is 83.2 Å². The van der Waals surface area contributed by atoms with Crippen LogP contribution < -0.4 is 20.4 Å². The first kappa shape index (κ1) is 17.7. The largest absolute Gasteiger partial charge is 0.497 e. The lowest BCUT2D eigenvalue weighted by atomic mass is 10.0. The second-order valence-electron chi connectivity index (χ2n) is 6.28. The second-order valence-corrected chi connectivity index (χ2v) is 6.28. The fourth-order valence-electron chi connectivity index (χ4n) is 2.99. The van der Waals surface area contributed by atoms with E-state index < -0.39 is 5.63 Å². The predicted molar refractivity (Wildman–Crippen MR) is 111 cm³/mol. The van der Waals surface area contributed by atoms with E-state index in [0.29, 0.717) is 11.3 Å². The Morgan fingerprint density at radius 2 is 1.36 bits per heavy atom. The molecular weight excluding hydrogens is 354 g/mol. The molecule has 0 fully saturated rings. The highest BCUT2D eigenvalue weighted by Gasteiger charge is 2.08. The van der Waals surface area contributed by atoms with Gasteiger partial charge in [0.05, 0.1) is 14.2 Å². The van der Waals surface area contributed by atoms with Gasteiger partial charge < -0.3 is 19.2 Å². The number of ether oxygens (including phenoxy) is 2. The molecule has 0 amide bonds. The van der Waals surface area contributed by atoms with E-state index in [1.807, 2.05) is 66.7 Å². The molecule has 0 atom stereocenters. The number of rotatable bonds is 5. The van der Waals surface area contributed by atoms with Crippen LogP contribution in [0.4, 0.5) is 11.4 Å². The molecule has 5 heteroatoms. The normalized spacial score (nSPS) is 10.6. The summed E-state index contributed by atoms with van der Waals surface area (Å²) in [5.41, 5.74) is 3.27. The number of anilines is 2. The molecular formula is C23H19NO4. The number of methoxy groups -OCH3 is 2. The Morgan fingerprint density at radius 3 is 2.00 bits per heavy atom. The number of nitrogens with one attached hydrogen (secondary N) is 1. The van der Waals surface area contributed by atoms with Crippen molar-refractivity contribution in [1.82, 2.24) is 0 Å². The van der Waals surface area contributed by atoms with Crippen molar-refractivity contribution < 1.29 is 13.9 Å². The standard InChI is InChI=1S/C23H19NO4/c1-26-19-9-5-15(6-10-19)16-3-4-17-13-21(23(25)28-22(17)14-16)24-18-7-11-20(27-2)12-8-18/h3-14,24H,1-2H3. The first-order valence-electron chi connectivity index (χ1n) is 8.80. The van der Waals surface area contributed by atoms with Gasteiger partial charge in [-0.15, -0.1) is 0 Å². The monoisotopic (exact) mass is 373 g/mol. The van der Waals surface area contributed by atoms with Crippen molar-refractivity contribution in [2.45, 2.75) is 0 Å². The van der Waals surface area contributed by atoms with Crippen LogP contribution in [0.15, 0.2) is 82.0 Å². The van der Waals surface area contributed by atoms with Gasteiger partial charge in [-0.1, -0.05) is 24.3 Å².